The molecule has 0 radical (unpaired) electrons. The second-order valence-corrected chi connectivity index (χ2v) is 9.48. The van der Waals surface area contributed by atoms with Crippen LogP contribution in [0, 0.1) is 40.7 Å². The average molecular weight is 448 g/mol. The van der Waals surface area contributed by atoms with Crippen molar-refractivity contribution in [3.8, 4) is 11.8 Å². The van der Waals surface area contributed by atoms with Crippen LogP contribution in [0.1, 0.15) is 89.5 Å². The summed E-state index contributed by atoms with van der Waals surface area (Å²) < 4.78 is 38.8. The van der Waals surface area contributed by atoms with Gasteiger partial charge in [-0.25, -0.2) is 8.78 Å². The van der Waals surface area contributed by atoms with E-state index in [2.05, 4.69) is 6.92 Å². The normalized spacial score (nSPS) is 25.8. The first-order valence-corrected chi connectivity index (χ1v) is 12.2. The molecule has 176 valence electrons. The van der Waals surface area contributed by atoms with Crippen LogP contribution in [-0.2, 0) is 9.53 Å². The average Bonchev–Trinajstić information content (AvgIpc) is 2.79. The number of carbonyl (C=O) groups is 1. The fraction of sp³-hybridized carbons (Fsp3) is 0.692. The number of hydrogen-bond acceptors (Lipinski definition) is 4. The number of hydrogen-bond donors (Lipinski definition) is 0. The van der Waals surface area contributed by atoms with Crippen molar-refractivity contribution in [1.82, 2.24) is 0 Å². The summed E-state index contributed by atoms with van der Waals surface area (Å²) in [7, 11) is 0. The monoisotopic (exact) mass is 447 g/mol. The Labute approximate surface area is 190 Å². The Kier molecular flexibility index (Phi) is 9.47. The van der Waals surface area contributed by atoms with Gasteiger partial charge in [-0.2, -0.15) is 5.26 Å². The summed E-state index contributed by atoms with van der Waals surface area (Å²) in [5, 5.41) is 8.73. The highest BCUT2D eigenvalue weighted by Crippen LogP contribution is 2.34. The van der Waals surface area contributed by atoms with Crippen LogP contribution >= 0.6 is 0 Å². The number of esters is 1. The number of rotatable bonds is 9. The van der Waals surface area contributed by atoms with Crippen LogP contribution in [0.25, 0.3) is 0 Å². The summed E-state index contributed by atoms with van der Waals surface area (Å²) in [5.74, 6) is -1.47. The second kappa shape index (κ2) is 12.3. The highest BCUT2D eigenvalue weighted by atomic mass is 19.1. The van der Waals surface area contributed by atoms with E-state index in [1.807, 2.05) is 0 Å². The molecule has 0 spiro atoms. The van der Waals surface area contributed by atoms with Gasteiger partial charge in [0, 0.05) is 18.7 Å². The third-order valence-corrected chi connectivity index (χ3v) is 7.10. The van der Waals surface area contributed by atoms with Gasteiger partial charge < -0.3 is 9.47 Å². The molecule has 4 nitrogen and oxygen atoms in total. The first-order chi connectivity index (χ1) is 15.5. The van der Waals surface area contributed by atoms with Gasteiger partial charge in [-0.05, 0) is 50.4 Å². The molecule has 0 amide bonds. The van der Waals surface area contributed by atoms with Crippen molar-refractivity contribution in [2.75, 3.05) is 6.61 Å². The summed E-state index contributed by atoms with van der Waals surface area (Å²) in [5.41, 5.74) is -0.674. The lowest BCUT2D eigenvalue weighted by Crippen LogP contribution is -2.30. The minimum atomic E-state index is -1.03. The highest BCUT2D eigenvalue weighted by Gasteiger charge is 2.29. The topological polar surface area (TPSA) is 59.3 Å². The van der Waals surface area contributed by atoms with Crippen molar-refractivity contribution in [2.45, 2.75) is 90.1 Å². The molecule has 1 aromatic rings. The van der Waals surface area contributed by atoms with Crippen LogP contribution in [0.4, 0.5) is 8.78 Å². The molecule has 0 N–H and O–H groups in total. The fourth-order valence-electron chi connectivity index (χ4n) is 5.02. The Balaban J connectivity index is 1.35. The van der Waals surface area contributed by atoms with Gasteiger partial charge in [0.1, 0.15) is 29.0 Å². The molecular formula is C26H35F2NO3. The molecule has 0 aromatic heterocycles. The van der Waals surface area contributed by atoms with E-state index < -0.39 is 23.2 Å². The molecule has 2 aliphatic rings. The van der Waals surface area contributed by atoms with E-state index in [0.29, 0.717) is 18.8 Å². The molecule has 6 heteroatoms. The van der Waals surface area contributed by atoms with E-state index in [9.17, 15) is 13.6 Å². The smallest absolute Gasteiger partial charge is 0.314 e. The maximum Gasteiger partial charge on any atom is 0.314 e. The molecule has 2 saturated carbocycles. The molecule has 0 unspecified atom stereocenters. The molecule has 32 heavy (non-hydrogen) atoms. The molecule has 1 aromatic carbocycles. The number of nitriles is 1. The predicted octanol–water partition coefficient (Wildman–Crippen LogP) is 6.70. The quantitative estimate of drug-likeness (QED) is 0.240. The zero-order valence-corrected chi connectivity index (χ0v) is 19.1. The lowest BCUT2D eigenvalue weighted by atomic mass is 9.80. The van der Waals surface area contributed by atoms with Gasteiger partial charge in [0.25, 0.3) is 0 Å². The van der Waals surface area contributed by atoms with Crippen LogP contribution in [0.3, 0.4) is 0 Å². The first-order valence-electron chi connectivity index (χ1n) is 12.2. The Morgan fingerprint density at radius 2 is 1.62 bits per heavy atom. The standard InChI is InChI=1S/C26H35F2NO3/c1-2-3-4-5-18-6-8-19(9-7-18)17-31-21-12-10-20(11-13-21)26(30)32-22-14-24(27)23(16-29)25(28)15-22/h14-15,18-21H,2-13,17H2,1H3. The van der Waals surface area contributed by atoms with E-state index in [1.165, 1.54) is 57.4 Å². The first kappa shape index (κ1) is 24.6. The Morgan fingerprint density at radius 1 is 1.00 bits per heavy atom. The molecule has 0 bridgehead atoms. The molecule has 2 aliphatic carbocycles. The van der Waals surface area contributed by atoms with Crippen molar-refractivity contribution in [3.05, 3.63) is 29.3 Å². The van der Waals surface area contributed by atoms with E-state index in [4.69, 9.17) is 14.7 Å². The fourth-order valence-corrected chi connectivity index (χ4v) is 5.02. The Morgan fingerprint density at radius 3 is 2.22 bits per heavy atom. The van der Waals surface area contributed by atoms with Gasteiger partial charge in [0.05, 0.1) is 12.0 Å². The van der Waals surface area contributed by atoms with Crippen molar-refractivity contribution in [2.24, 2.45) is 17.8 Å². The van der Waals surface area contributed by atoms with Crippen molar-refractivity contribution in [1.29, 1.82) is 5.26 Å². The van der Waals surface area contributed by atoms with Gasteiger partial charge in [-0.1, -0.05) is 45.4 Å². The minimum absolute atomic E-state index is 0.172. The number of ether oxygens (including phenoxy) is 2. The molecule has 2 fully saturated rings. The van der Waals surface area contributed by atoms with Crippen LogP contribution < -0.4 is 4.74 Å². The van der Waals surface area contributed by atoms with Gasteiger partial charge in [-0.15, -0.1) is 0 Å². The lowest BCUT2D eigenvalue weighted by Gasteiger charge is -2.31. The third kappa shape index (κ3) is 7.00. The predicted molar refractivity (Wildman–Crippen MR) is 118 cm³/mol. The molecule has 0 heterocycles. The number of carbonyl (C=O) groups excluding carboxylic acids is 1. The largest absolute Gasteiger partial charge is 0.426 e. The Hall–Kier alpha value is -2.00. The van der Waals surface area contributed by atoms with Crippen LogP contribution in [0.15, 0.2) is 12.1 Å². The number of nitrogens with zero attached hydrogens (tertiary/aromatic N) is 1. The van der Waals surface area contributed by atoms with Crippen molar-refractivity contribution >= 4 is 5.97 Å². The summed E-state index contributed by atoms with van der Waals surface area (Å²) >= 11 is 0. The number of benzene rings is 1. The van der Waals surface area contributed by atoms with Crippen LogP contribution in [0.2, 0.25) is 0 Å². The SMILES string of the molecule is CCCCCC1CCC(COC2CCC(C(=O)Oc3cc(F)c(C#N)c(F)c3)CC2)CC1. The van der Waals surface area contributed by atoms with Gasteiger partial charge in [0.15, 0.2) is 0 Å². The molecule has 0 atom stereocenters. The maximum absolute atomic E-state index is 13.7. The van der Waals surface area contributed by atoms with Crippen molar-refractivity contribution in [3.63, 3.8) is 0 Å². The maximum atomic E-state index is 13.7. The van der Waals surface area contributed by atoms with E-state index in [-0.39, 0.29) is 17.8 Å². The highest BCUT2D eigenvalue weighted by molar-refractivity contribution is 5.75. The zero-order valence-electron chi connectivity index (χ0n) is 19.1. The summed E-state index contributed by atoms with van der Waals surface area (Å²) in [6.07, 6.45) is 13.6. The van der Waals surface area contributed by atoms with Crippen LogP contribution in [0.5, 0.6) is 5.75 Å². The minimum Gasteiger partial charge on any atom is -0.426 e. The lowest BCUT2D eigenvalue weighted by molar-refractivity contribution is -0.141. The summed E-state index contributed by atoms with van der Waals surface area (Å²) in [6, 6.07) is 3.22. The molecule has 0 aliphatic heterocycles. The molecular weight excluding hydrogens is 412 g/mol. The molecule has 0 saturated heterocycles. The van der Waals surface area contributed by atoms with Gasteiger partial charge >= 0.3 is 5.97 Å². The number of halogens is 2. The van der Waals surface area contributed by atoms with E-state index in [1.54, 1.807) is 0 Å². The summed E-state index contributed by atoms with van der Waals surface area (Å²) in [4.78, 5) is 12.4. The zero-order chi connectivity index (χ0) is 22.9. The summed E-state index contributed by atoms with van der Waals surface area (Å²) in [6.45, 7) is 3.06. The Bertz CT molecular complexity index is 768. The third-order valence-electron chi connectivity index (χ3n) is 7.10. The van der Waals surface area contributed by atoms with Crippen LogP contribution in [-0.4, -0.2) is 18.7 Å². The van der Waals surface area contributed by atoms with Crippen molar-refractivity contribution < 1.29 is 23.0 Å². The van der Waals surface area contributed by atoms with Gasteiger partial charge in [-0.3, -0.25) is 4.79 Å². The second-order valence-electron chi connectivity index (χ2n) is 9.48. The number of unbranched alkanes of at least 4 members (excludes halogenated alkanes) is 2. The van der Waals surface area contributed by atoms with E-state index in [0.717, 1.165) is 37.5 Å². The van der Waals surface area contributed by atoms with Gasteiger partial charge in [0.2, 0.25) is 0 Å². The molecule has 3 rings (SSSR count). The van der Waals surface area contributed by atoms with E-state index >= 15 is 0 Å².